The van der Waals surface area contributed by atoms with E-state index in [-0.39, 0.29) is 17.7 Å². The number of piperidine rings is 1. The third-order valence-electron chi connectivity index (χ3n) is 4.56. The average molecular weight is 318 g/mol. The molecule has 5 nitrogen and oxygen atoms in total. The van der Waals surface area contributed by atoms with Gasteiger partial charge in [-0.25, -0.2) is 0 Å². The summed E-state index contributed by atoms with van der Waals surface area (Å²) >= 11 is 0. The minimum absolute atomic E-state index is 0.0162. The SMILES string of the molecule is CCCCc1ccc(NC(=O)C[NH+]2CCC(C(N)=O)CC2)cc1. The first-order chi connectivity index (χ1) is 11.1. The van der Waals surface area contributed by atoms with E-state index in [1.807, 2.05) is 12.1 Å². The first-order valence-corrected chi connectivity index (χ1v) is 8.60. The predicted octanol–water partition coefficient (Wildman–Crippen LogP) is 0.748. The summed E-state index contributed by atoms with van der Waals surface area (Å²) in [7, 11) is 0. The Balaban J connectivity index is 1.75. The van der Waals surface area contributed by atoms with Crippen LogP contribution < -0.4 is 16.0 Å². The van der Waals surface area contributed by atoms with Crippen LogP contribution in [0.5, 0.6) is 0 Å². The summed E-state index contributed by atoms with van der Waals surface area (Å²) in [5.74, 6) is -0.201. The highest BCUT2D eigenvalue weighted by Gasteiger charge is 2.26. The van der Waals surface area contributed by atoms with E-state index in [0.29, 0.717) is 6.54 Å². The Bertz CT molecular complexity index is 520. The summed E-state index contributed by atoms with van der Waals surface area (Å²) in [6.07, 6.45) is 5.03. The smallest absolute Gasteiger partial charge is 0.279 e. The molecule has 4 N–H and O–H groups in total. The Labute approximate surface area is 138 Å². The zero-order chi connectivity index (χ0) is 16.7. The molecule has 1 aromatic carbocycles. The lowest BCUT2D eigenvalue weighted by Crippen LogP contribution is -3.14. The molecule has 126 valence electrons. The van der Waals surface area contributed by atoms with Crippen LogP contribution in [0.1, 0.15) is 38.2 Å². The van der Waals surface area contributed by atoms with Crippen molar-refractivity contribution in [2.45, 2.75) is 39.0 Å². The number of quaternary nitrogens is 1. The topological polar surface area (TPSA) is 76.6 Å². The Morgan fingerprint density at radius 2 is 1.87 bits per heavy atom. The summed E-state index contributed by atoms with van der Waals surface area (Å²) in [6.45, 7) is 4.29. The van der Waals surface area contributed by atoms with Gasteiger partial charge in [0.25, 0.3) is 5.91 Å². The second-order valence-electron chi connectivity index (χ2n) is 6.45. The van der Waals surface area contributed by atoms with E-state index in [9.17, 15) is 9.59 Å². The van der Waals surface area contributed by atoms with E-state index in [0.717, 1.165) is 38.0 Å². The van der Waals surface area contributed by atoms with Crippen LogP contribution >= 0.6 is 0 Å². The average Bonchev–Trinajstić information content (AvgIpc) is 2.54. The van der Waals surface area contributed by atoms with Crippen LogP contribution in [0.25, 0.3) is 0 Å². The van der Waals surface area contributed by atoms with Crippen molar-refractivity contribution in [3.8, 4) is 0 Å². The molecule has 23 heavy (non-hydrogen) atoms. The molecule has 0 atom stereocenters. The molecule has 0 unspecified atom stereocenters. The van der Waals surface area contributed by atoms with Gasteiger partial charge < -0.3 is 16.0 Å². The van der Waals surface area contributed by atoms with Crippen molar-refractivity contribution in [2.75, 3.05) is 25.0 Å². The maximum Gasteiger partial charge on any atom is 0.279 e. The lowest BCUT2D eigenvalue weighted by atomic mass is 9.96. The zero-order valence-electron chi connectivity index (χ0n) is 13.9. The van der Waals surface area contributed by atoms with Crippen molar-refractivity contribution in [1.29, 1.82) is 0 Å². The Hall–Kier alpha value is -1.88. The quantitative estimate of drug-likeness (QED) is 0.694. The standard InChI is InChI=1S/C18H27N3O2/c1-2-3-4-14-5-7-16(8-6-14)20-17(22)13-21-11-9-15(10-12-21)18(19)23/h5-8,15H,2-4,9-13H2,1H3,(H2,19,23)(H,20,22)/p+1. The van der Waals surface area contributed by atoms with E-state index in [4.69, 9.17) is 5.73 Å². The third kappa shape index (κ3) is 5.67. The number of aryl methyl sites for hydroxylation is 1. The third-order valence-corrected chi connectivity index (χ3v) is 4.56. The fourth-order valence-corrected chi connectivity index (χ4v) is 3.06. The second-order valence-corrected chi connectivity index (χ2v) is 6.45. The molecule has 2 rings (SSSR count). The Kier molecular flexibility index (Phi) is 6.59. The van der Waals surface area contributed by atoms with Gasteiger partial charge in [-0.15, -0.1) is 0 Å². The van der Waals surface area contributed by atoms with Gasteiger partial charge in [0.2, 0.25) is 5.91 Å². The number of hydrogen-bond acceptors (Lipinski definition) is 2. The fourth-order valence-electron chi connectivity index (χ4n) is 3.06. The highest BCUT2D eigenvalue weighted by molar-refractivity contribution is 5.91. The number of carbonyl (C=O) groups is 2. The van der Waals surface area contributed by atoms with E-state index in [1.165, 1.54) is 23.3 Å². The highest BCUT2D eigenvalue weighted by Crippen LogP contribution is 2.12. The van der Waals surface area contributed by atoms with Crippen molar-refractivity contribution in [2.24, 2.45) is 11.7 Å². The number of unbranched alkanes of at least 4 members (excludes halogenated alkanes) is 1. The number of anilines is 1. The van der Waals surface area contributed by atoms with Crippen molar-refractivity contribution < 1.29 is 14.5 Å². The second kappa shape index (κ2) is 8.67. The molecule has 0 spiro atoms. The number of nitrogens with two attached hydrogens (primary N) is 1. The van der Waals surface area contributed by atoms with Gasteiger partial charge in [0, 0.05) is 24.4 Å². The normalized spacial score (nSPS) is 20.9. The highest BCUT2D eigenvalue weighted by atomic mass is 16.2. The van der Waals surface area contributed by atoms with Crippen LogP contribution in [0, 0.1) is 5.92 Å². The number of benzene rings is 1. The van der Waals surface area contributed by atoms with Gasteiger partial charge in [-0.05, 0) is 30.5 Å². The molecule has 1 aromatic rings. The summed E-state index contributed by atoms with van der Waals surface area (Å²) in [5, 5.41) is 2.96. The summed E-state index contributed by atoms with van der Waals surface area (Å²) < 4.78 is 0. The van der Waals surface area contributed by atoms with Gasteiger partial charge in [-0.1, -0.05) is 25.5 Å². The Morgan fingerprint density at radius 3 is 2.43 bits per heavy atom. The van der Waals surface area contributed by atoms with Gasteiger partial charge in [0.1, 0.15) is 0 Å². The van der Waals surface area contributed by atoms with Crippen molar-refractivity contribution in [3.63, 3.8) is 0 Å². The molecule has 1 heterocycles. The van der Waals surface area contributed by atoms with E-state index in [1.54, 1.807) is 0 Å². The number of rotatable bonds is 7. The van der Waals surface area contributed by atoms with Crippen LogP contribution in [0.4, 0.5) is 5.69 Å². The number of carbonyl (C=O) groups excluding carboxylic acids is 2. The molecule has 2 amide bonds. The maximum atomic E-state index is 12.1. The van der Waals surface area contributed by atoms with Crippen molar-refractivity contribution in [1.82, 2.24) is 0 Å². The molecule has 0 saturated carbocycles. The molecule has 0 bridgehead atoms. The van der Waals surface area contributed by atoms with Gasteiger partial charge in [0.15, 0.2) is 6.54 Å². The largest absolute Gasteiger partial charge is 0.369 e. The number of nitrogens with one attached hydrogen (secondary N) is 2. The van der Waals surface area contributed by atoms with E-state index >= 15 is 0 Å². The van der Waals surface area contributed by atoms with Crippen LogP contribution in [-0.2, 0) is 16.0 Å². The lowest BCUT2D eigenvalue weighted by Gasteiger charge is -2.27. The van der Waals surface area contributed by atoms with Gasteiger partial charge in [0.05, 0.1) is 13.1 Å². The molecule has 1 aliphatic heterocycles. The van der Waals surface area contributed by atoms with Gasteiger partial charge in [-0.2, -0.15) is 0 Å². The molecular formula is C18H28N3O2+. The molecule has 1 fully saturated rings. The predicted molar refractivity (Wildman–Crippen MR) is 91.2 cm³/mol. The fraction of sp³-hybridized carbons (Fsp3) is 0.556. The van der Waals surface area contributed by atoms with Crippen LogP contribution in [0.2, 0.25) is 0 Å². The minimum atomic E-state index is -0.211. The van der Waals surface area contributed by atoms with Crippen molar-refractivity contribution in [3.05, 3.63) is 29.8 Å². The molecule has 5 heteroatoms. The number of primary amides is 1. The zero-order valence-corrected chi connectivity index (χ0v) is 13.9. The molecular weight excluding hydrogens is 290 g/mol. The first-order valence-electron chi connectivity index (χ1n) is 8.60. The number of hydrogen-bond donors (Lipinski definition) is 3. The van der Waals surface area contributed by atoms with Gasteiger partial charge >= 0.3 is 0 Å². The van der Waals surface area contributed by atoms with Crippen LogP contribution in [0.15, 0.2) is 24.3 Å². The maximum absolute atomic E-state index is 12.1. The summed E-state index contributed by atoms with van der Waals surface area (Å²) in [6, 6.07) is 8.10. The molecule has 0 aliphatic carbocycles. The van der Waals surface area contributed by atoms with Gasteiger partial charge in [-0.3, -0.25) is 9.59 Å². The van der Waals surface area contributed by atoms with Crippen LogP contribution in [0.3, 0.4) is 0 Å². The Morgan fingerprint density at radius 1 is 1.22 bits per heavy atom. The van der Waals surface area contributed by atoms with Crippen LogP contribution in [-0.4, -0.2) is 31.4 Å². The summed E-state index contributed by atoms with van der Waals surface area (Å²) in [4.78, 5) is 24.5. The number of likely N-dealkylation sites (tertiary alicyclic amines) is 1. The minimum Gasteiger partial charge on any atom is -0.369 e. The van der Waals surface area contributed by atoms with E-state index < -0.39 is 0 Å². The molecule has 1 aliphatic rings. The number of amides is 2. The first kappa shape index (κ1) is 17.5. The monoisotopic (exact) mass is 318 g/mol. The van der Waals surface area contributed by atoms with E-state index in [2.05, 4.69) is 24.4 Å². The molecule has 0 aromatic heterocycles. The lowest BCUT2D eigenvalue weighted by molar-refractivity contribution is -0.897. The van der Waals surface area contributed by atoms with Crippen molar-refractivity contribution >= 4 is 17.5 Å². The molecule has 1 saturated heterocycles. The summed E-state index contributed by atoms with van der Waals surface area (Å²) in [5.41, 5.74) is 7.49. The molecule has 0 radical (unpaired) electrons.